The second kappa shape index (κ2) is 10.3. The summed E-state index contributed by atoms with van der Waals surface area (Å²) in [5, 5.41) is 23.5. The summed E-state index contributed by atoms with van der Waals surface area (Å²) in [6.45, 7) is 2.97. The summed E-state index contributed by atoms with van der Waals surface area (Å²) in [5.41, 5.74) is 0.323. The van der Waals surface area contributed by atoms with Gasteiger partial charge in [0.25, 0.3) is 5.69 Å². The molecule has 3 N–H and O–H groups in total. The molecule has 2 rings (SSSR count). The van der Waals surface area contributed by atoms with Crippen LogP contribution in [0.5, 0.6) is 0 Å². The second-order valence-electron chi connectivity index (χ2n) is 7.15. The van der Waals surface area contributed by atoms with Gasteiger partial charge in [-0.15, -0.1) is 0 Å². The molecule has 1 amide bonds. The number of sulfonamides is 1. The maximum atomic E-state index is 12.8. The summed E-state index contributed by atoms with van der Waals surface area (Å²) < 4.78 is 27.8. The van der Waals surface area contributed by atoms with Crippen LogP contribution in [0, 0.1) is 16.0 Å². The third-order valence-electron chi connectivity index (χ3n) is 4.47. The van der Waals surface area contributed by atoms with Gasteiger partial charge in [0.1, 0.15) is 6.04 Å². The third kappa shape index (κ3) is 6.09. The van der Waals surface area contributed by atoms with Crippen molar-refractivity contribution in [2.24, 2.45) is 5.92 Å². The molecule has 10 heteroatoms. The number of nitro benzene ring substituents is 1. The van der Waals surface area contributed by atoms with Gasteiger partial charge in [-0.3, -0.25) is 14.9 Å². The average Bonchev–Trinajstić information content (AvgIpc) is 2.72. The van der Waals surface area contributed by atoms with Crippen molar-refractivity contribution in [1.29, 1.82) is 0 Å². The standard InChI is InChI=1S/C20H25N3O6S/c1-14(2)19(20(25)21-16(13-24)12-15-8-4-3-5-9-15)22-30(28,29)18-11-7-6-10-17(18)23(26)27/h3-11,14,16,19,22,24H,12-13H2,1-2H3,(H,21,25)/t16-,19-/m0/s1. The molecular formula is C20H25N3O6S. The molecule has 9 nitrogen and oxygen atoms in total. The molecule has 30 heavy (non-hydrogen) atoms. The van der Waals surface area contributed by atoms with Gasteiger partial charge in [0.05, 0.1) is 17.6 Å². The predicted molar refractivity (Wildman–Crippen MR) is 111 cm³/mol. The molecule has 0 heterocycles. The first kappa shape index (κ1) is 23.5. The molecule has 0 aromatic heterocycles. The van der Waals surface area contributed by atoms with Crippen molar-refractivity contribution in [3.8, 4) is 0 Å². The molecule has 0 bridgehead atoms. The van der Waals surface area contributed by atoms with Gasteiger partial charge in [-0.25, -0.2) is 8.42 Å². The molecule has 0 spiro atoms. The molecule has 0 radical (unpaired) electrons. The van der Waals surface area contributed by atoms with Crippen molar-refractivity contribution in [2.75, 3.05) is 6.61 Å². The maximum Gasteiger partial charge on any atom is 0.289 e. The minimum Gasteiger partial charge on any atom is -0.394 e. The van der Waals surface area contributed by atoms with Gasteiger partial charge < -0.3 is 10.4 Å². The Morgan fingerprint density at radius 3 is 2.27 bits per heavy atom. The molecule has 0 aliphatic rings. The van der Waals surface area contributed by atoms with Crippen LogP contribution >= 0.6 is 0 Å². The minimum absolute atomic E-state index is 0.331. The van der Waals surface area contributed by atoms with Crippen molar-refractivity contribution in [3.63, 3.8) is 0 Å². The lowest BCUT2D eigenvalue weighted by Crippen LogP contribution is -2.53. The van der Waals surface area contributed by atoms with Crippen LogP contribution in [-0.4, -0.2) is 43.0 Å². The molecule has 2 aromatic rings. The van der Waals surface area contributed by atoms with Crippen LogP contribution in [0.15, 0.2) is 59.5 Å². The number of amides is 1. The number of aliphatic hydroxyl groups excluding tert-OH is 1. The topological polar surface area (TPSA) is 139 Å². The van der Waals surface area contributed by atoms with Crippen LogP contribution < -0.4 is 10.0 Å². The van der Waals surface area contributed by atoms with Crippen molar-refractivity contribution >= 4 is 21.6 Å². The number of hydrogen-bond acceptors (Lipinski definition) is 6. The summed E-state index contributed by atoms with van der Waals surface area (Å²) in [6.07, 6.45) is 0.366. The SMILES string of the molecule is CC(C)[C@H](NS(=O)(=O)c1ccccc1[N+](=O)[O-])C(=O)N[C@H](CO)Cc1ccccc1. The Bertz CT molecular complexity index is 979. The Kier molecular flexibility index (Phi) is 8.04. The number of hydrogen-bond donors (Lipinski definition) is 3. The van der Waals surface area contributed by atoms with Gasteiger partial charge in [0.15, 0.2) is 4.90 Å². The molecule has 162 valence electrons. The molecular weight excluding hydrogens is 410 g/mol. The van der Waals surface area contributed by atoms with E-state index in [1.54, 1.807) is 13.8 Å². The molecule has 0 unspecified atom stereocenters. The highest BCUT2D eigenvalue weighted by atomic mass is 32.2. The number of carbonyl (C=O) groups excluding carboxylic acids is 1. The summed E-state index contributed by atoms with van der Waals surface area (Å²) in [4.78, 5) is 22.7. The lowest BCUT2D eigenvalue weighted by atomic mass is 10.0. The summed E-state index contributed by atoms with van der Waals surface area (Å²) >= 11 is 0. The Balaban J connectivity index is 2.20. The zero-order chi connectivity index (χ0) is 22.3. The Morgan fingerprint density at radius 2 is 1.70 bits per heavy atom. The van der Waals surface area contributed by atoms with Crippen molar-refractivity contribution in [2.45, 2.75) is 37.2 Å². The van der Waals surface area contributed by atoms with E-state index in [2.05, 4.69) is 10.0 Å². The van der Waals surface area contributed by atoms with E-state index in [9.17, 15) is 28.4 Å². The zero-order valence-corrected chi connectivity index (χ0v) is 17.5. The predicted octanol–water partition coefficient (Wildman–Crippen LogP) is 1.62. The van der Waals surface area contributed by atoms with Crippen LogP contribution in [-0.2, 0) is 21.2 Å². The van der Waals surface area contributed by atoms with Crippen LogP contribution in [0.2, 0.25) is 0 Å². The fourth-order valence-electron chi connectivity index (χ4n) is 2.91. The number of aliphatic hydroxyl groups is 1. The molecule has 2 atom stereocenters. The smallest absolute Gasteiger partial charge is 0.289 e. The van der Waals surface area contributed by atoms with E-state index in [-0.39, 0.29) is 6.61 Å². The van der Waals surface area contributed by atoms with Crippen LogP contribution in [0.3, 0.4) is 0 Å². The van der Waals surface area contributed by atoms with Crippen molar-refractivity contribution in [3.05, 3.63) is 70.3 Å². The molecule has 0 fully saturated rings. The lowest BCUT2D eigenvalue weighted by Gasteiger charge is -2.24. The van der Waals surface area contributed by atoms with Crippen molar-refractivity contribution < 1.29 is 23.2 Å². The summed E-state index contributed by atoms with van der Waals surface area (Å²) in [5.74, 6) is -1.07. The van der Waals surface area contributed by atoms with E-state index < -0.39 is 49.4 Å². The molecule has 0 aliphatic carbocycles. The van der Waals surface area contributed by atoms with E-state index in [1.165, 1.54) is 12.1 Å². The number of nitrogens with zero attached hydrogens (tertiary/aromatic N) is 1. The second-order valence-corrected chi connectivity index (χ2v) is 8.83. The fraction of sp³-hybridized carbons (Fsp3) is 0.350. The van der Waals surface area contributed by atoms with E-state index in [0.29, 0.717) is 6.42 Å². The van der Waals surface area contributed by atoms with Crippen LogP contribution in [0.1, 0.15) is 19.4 Å². The van der Waals surface area contributed by atoms with E-state index in [0.717, 1.165) is 17.7 Å². The van der Waals surface area contributed by atoms with Gasteiger partial charge >= 0.3 is 0 Å². The van der Waals surface area contributed by atoms with Gasteiger partial charge in [-0.05, 0) is 24.0 Å². The first-order valence-electron chi connectivity index (χ1n) is 9.36. The minimum atomic E-state index is -4.34. The van der Waals surface area contributed by atoms with Gasteiger partial charge in [-0.2, -0.15) is 4.72 Å². The number of para-hydroxylation sites is 1. The third-order valence-corrected chi connectivity index (χ3v) is 5.96. The number of rotatable bonds is 10. The Morgan fingerprint density at radius 1 is 1.10 bits per heavy atom. The van der Waals surface area contributed by atoms with Gasteiger partial charge in [0, 0.05) is 6.07 Å². The van der Waals surface area contributed by atoms with E-state index in [4.69, 9.17) is 0 Å². The average molecular weight is 436 g/mol. The number of nitro groups is 1. The van der Waals surface area contributed by atoms with E-state index in [1.807, 2.05) is 30.3 Å². The number of carbonyl (C=O) groups is 1. The van der Waals surface area contributed by atoms with Gasteiger partial charge in [0.2, 0.25) is 15.9 Å². The molecule has 0 aliphatic heterocycles. The summed E-state index contributed by atoms with van der Waals surface area (Å²) in [6, 6.07) is 12.4. The number of nitrogens with one attached hydrogen (secondary N) is 2. The van der Waals surface area contributed by atoms with E-state index >= 15 is 0 Å². The Hall–Kier alpha value is -2.82. The number of benzene rings is 2. The molecule has 2 aromatic carbocycles. The Labute approximate surface area is 175 Å². The largest absolute Gasteiger partial charge is 0.394 e. The highest BCUT2D eigenvalue weighted by Crippen LogP contribution is 2.23. The van der Waals surface area contributed by atoms with Crippen molar-refractivity contribution in [1.82, 2.24) is 10.0 Å². The van der Waals surface area contributed by atoms with Crippen LogP contribution in [0.25, 0.3) is 0 Å². The first-order chi connectivity index (χ1) is 14.2. The highest BCUT2D eigenvalue weighted by molar-refractivity contribution is 7.89. The van der Waals surface area contributed by atoms with Crippen LogP contribution in [0.4, 0.5) is 5.69 Å². The quantitative estimate of drug-likeness (QED) is 0.383. The first-order valence-corrected chi connectivity index (χ1v) is 10.8. The zero-order valence-electron chi connectivity index (χ0n) is 16.7. The molecule has 0 saturated carbocycles. The fourth-order valence-corrected chi connectivity index (χ4v) is 4.43. The normalized spacial score (nSPS) is 13.6. The molecule has 0 saturated heterocycles. The maximum absolute atomic E-state index is 12.8. The highest BCUT2D eigenvalue weighted by Gasteiger charge is 2.33. The van der Waals surface area contributed by atoms with Gasteiger partial charge in [-0.1, -0.05) is 56.3 Å². The lowest BCUT2D eigenvalue weighted by molar-refractivity contribution is -0.387. The monoisotopic (exact) mass is 435 g/mol. The summed E-state index contributed by atoms with van der Waals surface area (Å²) in [7, 11) is -4.34.